The summed E-state index contributed by atoms with van der Waals surface area (Å²) in [5.74, 6) is -0.487. The van der Waals surface area contributed by atoms with Crippen molar-refractivity contribution in [3.63, 3.8) is 0 Å². The highest BCUT2D eigenvalue weighted by Crippen LogP contribution is 2.22. The third kappa shape index (κ3) is 5.06. The van der Waals surface area contributed by atoms with Crippen LogP contribution >= 0.6 is 0 Å². The first-order chi connectivity index (χ1) is 7.78. The van der Waals surface area contributed by atoms with Gasteiger partial charge in [-0.25, -0.2) is 4.79 Å². The van der Waals surface area contributed by atoms with Crippen molar-refractivity contribution < 1.29 is 19.4 Å². The normalized spacial score (nSPS) is 20.4. The highest BCUT2D eigenvalue weighted by Gasteiger charge is 2.29. The Labute approximate surface area is 102 Å². The van der Waals surface area contributed by atoms with Crippen molar-refractivity contribution >= 4 is 12.1 Å². The number of amides is 1. The Balaban J connectivity index is 2.34. The summed E-state index contributed by atoms with van der Waals surface area (Å²) in [7, 11) is 0. The van der Waals surface area contributed by atoms with Crippen molar-refractivity contribution in [1.82, 2.24) is 4.90 Å². The average molecular weight is 243 g/mol. The van der Waals surface area contributed by atoms with Gasteiger partial charge in [0.05, 0.1) is 0 Å². The van der Waals surface area contributed by atoms with Gasteiger partial charge in [-0.05, 0) is 39.5 Å². The summed E-state index contributed by atoms with van der Waals surface area (Å²) >= 11 is 0. The molecule has 0 aromatic rings. The lowest BCUT2D eigenvalue weighted by atomic mass is 10.0. The lowest BCUT2D eigenvalue weighted by Crippen LogP contribution is -2.35. The van der Waals surface area contributed by atoms with Crippen molar-refractivity contribution in [1.29, 1.82) is 0 Å². The molecule has 0 aromatic carbocycles. The summed E-state index contributed by atoms with van der Waals surface area (Å²) in [6.07, 6.45) is 1.38. The molecule has 5 nitrogen and oxygen atoms in total. The Hall–Kier alpha value is -1.26. The molecule has 0 saturated carbocycles. The van der Waals surface area contributed by atoms with Crippen molar-refractivity contribution in [3.05, 3.63) is 0 Å². The van der Waals surface area contributed by atoms with Crippen LogP contribution in [0.2, 0.25) is 0 Å². The summed E-state index contributed by atoms with van der Waals surface area (Å²) in [4.78, 5) is 23.9. The fraction of sp³-hybridized carbons (Fsp3) is 0.833. The zero-order valence-corrected chi connectivity index (χ0v) is 10.7. The molecule has 5 heteroatoms. The van der Waals surface area contributed by atoms with E-state index in [1.807, 2.05) is 20.8 Å². The highest BCUT2D eigenvalue weighted by molar-refractivity contribution is 5.68. The van der Waals surface area contributed by atoms with Crippen LogP contribution in [0.4, 0.5) is 4.79 Å². The van der Waals surface area contributed by atoms with E-state index in [4.69, 9.17) is 9.84 Å². The third-order valence-corrected chi connectivity index (χ3v) is 2.70. The van der Waals surface area contributed by atoms with Crippen LogP contribution < -0.4 is 0 Å². The van der Waals surface area contributed by atoms with Gasteiger partial charge >= 0.3 is 12.1 Å². The van der Waals surface area contributed by atoms with Crippen LogP contribution in [0.3, 0.4) is 0 Å². The average Bonchev–Trinajstić information content (AvgIpc) is 2.60. The minimum absolute atomic E-state index is 0.173. The van der Waals surface area contributed by atoms with Gasteiger partial charge in [0.25, 0.3) is 0 Å². The predicted octanol–water partition coefficient (Wildman–Crippen LogP) is 2.11. The highest BCUT2D eigenvalue weighted by atomic mass is 16.6. The van der Waals surface area contributed by atoms with Crippen LogP contribution in [0.1, 0.15) is 40.0 Å². The third-order valence-electron chi connectivity index (χ3n) is 2.70. The topological polar surface area (TPSA) is 66.8 Å². The van der Waals surface area contributed by atoms with Crippen molar-refractivity contribution in [3.8, 4) is 0 Å². The fourth-order valence-corrected chi connectivity index (χ4v) is 1.89. The molecule has 1 rings (SSSR count). The first kappa shape index (κ1) is 13.8. The molecule has 17 heavy (non-hydrogen) atoms. The molecule has 98 valence electrons. The number of carbonyl (C=O) groups is 2. The Morgan fingerprint density at radius 1 is 1.41 bits per heavy atom. The Kier molecular flexibility index (Phi) is 4.37. The molecule has 0 aliphatic carbocycles. The van der Waals surface area contributed by atoms with Gasteiger partial charge in [-0.2, -0.15) is 0 Å². The number of carbonyl (C=O) groups excluding carboxylic acids is 1. The number of aliphatic carboxylic acids is 1. The summed E-state index contributed by atoms with van der Waals surface area (Å²) < 4.78 is 5.27. The van der Waals surface area contributed by atoms with Crippen LogP contribution in [-0.4, -0.2) is 40.8 Å². The van der Waals surface area contributed by atoms with Gasteiger partial charge in [0.1, 0.15) is 5.60 Å². The van der Waals surface area contributed by atoms with E-state index in [0.717, 1.165) is 6.42 Å². The molecule has 1 amide bonds. The van der Waals surface area contributed by atoms with Gasteiger partial charge in [-0.15, -0.1) is 0 Å². The molecule has 0 aromatic heterocycles. The molecular weight excluding hydrogens is 222 g/mol. The molecule has 1 aliphatic rings. The van der Waals surface area contributed by atoms with Gasteiger partial charge in [-0.3, -0.25) is 4.79 Å². The standard InChI is InChI=1S/C12H21NO4/c1-12(2,3)17-11(16)13-7-6-9(8-13)4-5-10(14)15/h9H,4-8H2,1-3H3,(H,14,15). The molecular formula is C12H21NO4. The Morgan fingerprint density at radius 3 is 2.59 bits per heavy atom. The van der Waals surface area contributed by atoms with Gasteiger partial charge in [0, 0.05) is 19.5 Å². The molecule has 1 saturated heterocycles. The van der Waals surface area contributed by atoms with E-state index in [9.17, 15) is 9.59 Å². The van der Waals surface area contributed by atoms with Gasteiger partial charge in [0.2, 0.25) is 0 Å². The number of hydrogen-bond donors (Lipinski definition) is 1. The molecule has 1 heterocycles. The summed E-state index contributed by atoms with van der Waals surface area (Å²) in [5, 5.41) is 8.60. The largest absolute Gasteiger partial charge is 0.481 e. The van der Waals surface area contributed by atoms with E-state index in [-0.39, 0.29) is 12.5 Å². The summed E-state index contributed by atoms with van der Waals surface area (Å²) in [6, 6.07) is 0. The SMILES string of the molecule is CC(C)(C)OC(=O)N1CCC(CCC(=O)O)C1. The number of carboxylic acid groups (broad SMARTS) is 1. The molecule has 1 aliphatic heterocycles. The molecule has 0 bridgehead atoms. The number of carboxylic acids is 1. The van der Waals surface area contributed by atoms with Gasteiger partial charge < -0.3 is 14.7 Å². The number of ether oxygens (including phenoxy) is 1. The van der Waals surface area contributed by atoms with Gasteiger partial charge in [-0.1, -0.05) is 0 Å². The first-order valence-corrected chi connectivity index (χ1v) is 5.97. The van der Waals surface area contributed by atoms with Crippen LogP contribution in [-0.2, 0) is 9.53 Å². The second-order valence-electron chi connectivity index (χ2n) is 5.51. The molecule has 1 fully saturated rings. The lowest BCUT2D eigenvalue weighted by molar-refractivity contribution is -0.137. The van der Waals surface area contributed by atoms with Crippen LogP contribution in [0.25, 0.3) is 0 Å². The molecule has 0 radical (unpaired) electrons. The maximum absolute atomic E-state index is 11.7. The predicted molar refractivity (Wildman–Crippen MR) is 62.8 cm³/mol. The maximum atomic E-state index is 11.7. The number of nitrogens with zero attached hydrogens (tertiary/aromatic N) is 1. The van der Waals surface area contributed by atoms with Gasteiger partial charge in [0.15, 0.2) is 0 Å². The number of rotatable bonds is 3. The second kappa shape index (κ2) is 5.38. The number of likely N-dealkylation sites (tertiary alicyclic amines) is 1. The van der Waals surface area contributed by atoms with Crippen molar-refractivity contribution in [2.24, 2.45) is 5.92 Å². The van der Waals surface area contributed by atoms with Crippen LogP contribution in [0.5, 0.6) is 0 Å². The Bertz CT molecular complexity index is 295. The smallest absolute Gasteiger partial charge is 0.410 e. The lowest BCUT2D eigenvalue weighted by Gasteiger charge is -2.24. The molecule has 1 unspecified atom stereocenters. The zero-order valence-electron chi connectivity index (χ0n) is 10.7. The quantitative estimate of drug-likeness (QED) is 0.824. The molecule has 1 atom stereocenters. The van der Waals surface area contributed by atoms with E-state index in [2.05, 4.69) is 0 Å². The maximum Gasteiger partial charge on any atom is 0.410 e. The Morgan fingerprint density at radius 2 is 2.06 bits per heavy atom. The van der Waals surface area contributed by atoms with E-state index < -0.39 is 11.6 Å². The minimum Gasteiger partial charge on any atom is -0.481 e. The minimum atomic E-state index is -0.777. The number of hydrogen-bond acceptors (Lipinski definition) is 3. The van der Waals surface area contributed by atoms with Crippen LogP contribution in [0.15, 0.2) is 0 Å². The van der Waals surface area contributed by atoms with E-state index in [1.165, 1.54) is 0 Å². The summed E-state index contributed by atoms with van der Waals surface area (Å²) in [6.45, 7) is 6.79. The van der Waals surface area contributed by atoms with Crippen molar-refractivity contribution in [2.75, 3.05) is 13.1 Å². The fourth-order valence-electron chi connectivity index (χ4n) is 1.89. The van der Waals surface area contributed by atoms with E-state index in [0.29, 0.717) is 25.4 Å². The molecule has 0 spiro atoms. The molecule has 1 N–H and O–H groups in total. The summed E-state index contributed by atoms with van der Waals surface area (Å²) in [5.41, 5.74) is -0.476. The first-order valence-electron chi connectivity index (χ1n) is 5.97. The van der Waals surface area contributed by atoms with E-state index in [1.54, 1.807) is 4.90 Å². The zero-order chi connectivity index (χ0) is 13.1. The van der Waals surface area contributed by atoms with Crippen LogP contribution in [0, 0.1) is 5.92 Å². The monoisotopic (exact) mass is 243 g/mol. The second-order valence-corrected chi connectivity index (χ2v) is 5.51. The van der Waals surface area contributed by atoms with Crippen molar-refractivity contribution in [2.45, 2.75) is 45.6 Å². The van der Waals surface area contributed by atoms with E-state index >= 15 is 0 Å².